The minimum Gasteiger partial charge on any atom is -0.325 e. The van der Waals surface area contributed by atoms with Gasteiger partial charge in [-0.2, -0.15) is 22.1 Å². The molecule has 0 bridgehead atoms. The van der Waals surface area contributed by atoms with E-state index in [-0.39, 0.29) is 16.5 Å². The monoisotopic (exact) mass is 370 g/mol. The molecular weight excluding hydrogens is 360 g/mol. The highest BCUT2D eigenvalue weighted by molar-refractivity contribution is 7.86. The van der Waals surface area contributed by atoms with E-state index in [0.29, 0.717) is 6.07 Å². The van der Waals surface area contributed by atoms with Gasteiger partial charge in [0.15, 0.2) is 0 Å². The second kappa shape index (κ2) is 6.17. The van der Waals surface area contributed by atoms with Crippen molar-refractivity contribution in [1.29, 1.82) is 5.26 Å². The predicted molar refractivity (Wildman–Crippen MR) is 82.4 cm³/mol. The van der Waals surface area contributed by atoms with Crippen molar-refractivity contribution in [3.63, 3.8) is 0 Å². The van der Waals surface area contributed by atoms with Crippen molar-refractivity contribution >= 4 is 42.6 Å². The van der Waals surface area contributed by atoms with Crippen LogP contribution in [0.4, 0.5) is 5.69 Å². The predicted octanol–water partition coefficient (Wildman–Crippen LogP) is 1.19. The lowest BCUT2D eigenvalue weighted by Crippen LogP contribution is -2.10. The van der Waals surface area contributed by atoms with E-state index >= 15 is 0 Å². The van der Waals surface area contributed by atoms with Gasteiger partial charge in [0.1, 0.15) is 11.3 Å². The number of carbonyl (C=O) groups excluding carboxylic acids is 1. The van der Waals surface area contributed by atoms with Crippen LogP contribution in [0.3, 0.4) is 0 Å². The number of fused-ring (bicyclic) bond motifs is 1. The minimum atomic E-state index is -4.81. The molecule has 0 aliphatic rings. The number of hydrogen-bond donors (Lipinski definition) is 3. The van der Waals surface area contributed by atoms with E-state index in [0.717, 1.165) is 6.07 Å². The number of hydrogen-bond acceptors (Lipinski definition) is 6. The number of nitriles is 1. The second-order valence-electron chi connectivity index (χ2n) is 4.69. The lowest BCUT2D eigenvalue weighted by molar-refractivity contribution is -0.115. The highest BCUT2D eigenvalue weighted by Gasteiger charge is 2.20. The Bertz CT molecular complexity index is 1080. The summed E-state index contributed by atoms with van der Waals surface area (Å²) in [5.41, 5.74) is 0.146. The third-order valence-corrected chi connectivity index (χ3v) is 4.71. The van der Waals surface area contributed by atoms with Crippen molar-refractivity contribution in [1.82, 2.24) is 0 Å². The van der Waals surface area contributed by atoms with Gasteiger partial charge < -0.3 is 5.32 Å². The fourth-order valence-electron chi connectivity index (χ4n) is 2.01. The zero-order valence-electron chi connectivity index (χ0n) is 11.8. The molecule has 0 spiro atoms. The number of amides is 1. The molecule has 3 N–H and O–H groups in total. The average molecular weight is 370 g/mol. The fraction of sp³-hybridized carbons (Fsp3) is 0.0769. The Morgan fingerprint density at radius 3 is 2.29 bits per heavy atom. The van der Waals surface area contributed by atoms with E-state index in [1.165, 1.54) is 18.2 Å². The van der Waals surface area contributed by atoms with E-state index < -0.39 is 42.4 Å². The third kappa shape index (κ3) is 3.87. The quantitative estimate of drug-likeness (QED) is 0.676. The molecule has 2 aromatic rings. The molecule has 0 radical (unpaired) electrons. The van der Waals surface area contributed by atoms with E-state index in [1.807, 2.05) is 0 Å². The maximum absolute atomic E-state index is 11.5. The highest BCUT2D eigenvalue weighted by atomic mass is 32.2. The highest BCUT2D eigenvalue weighted by Crippen LogP contribution is 2.29. The lowest BCUT2D eigenvalue weighted by atomic mass is 10.1. The first-order valence-corrected chi connectivity index (χ1v) is 9.10. The smallest absolute Gasteiger partial charge is 0.295 e. The maximum atomic E-state index is 11.5. The molecule has 0 aliphatic carbocycles. The molecule has 0 heterocycles. The third-order valence-electron chi connectivity index (χ3n) is 2.99. The molecule has 2 rings (SSSR count). The lowest BCUT2D eigenvalue weighted by Gasteiger charge is -2.09. The first kappa shape index (κ1) is 17.8. The van der Waals surface area contributed by atoms with Gasteiger partial charge in [-0.15, -0.1) is 0 Å². The summed E-state index contributed by atoms with van der Waals surface area (Å²) in [5, 5.41) is 10.8. The number of carbonyl (C=O) groups is 1. The van der Waals surface area contributed by atoms with Crippen LogP contribution in [0.1, 0.15) is 6.42 Å². The van der Waals surface area contributed by atoms with Gasteiger partial charge in [-0.1, -0.05) is 6.07 Å². The Balaban J connectivity index is 2.72. The van der Waals surface area contributed by atoms with Crippen molar-refractivity contribution < 1.29 is 30.7 Å². The number of nitrogens with one attached hydrogen (secondary N) is 1. The van der Waals surface area contributed by atoms with Gasteiger partial charge in [-0.05, 0) is 29.7 Å². The Morgan fingerprint density at radius 1 is 1.08 bits per heavy atom. The molecule has 0 aliphatic heterocycles. The van der Waals surface area contributed by atoms with Crippen LogP contribution >= 0.6 is 0 Å². The Hall–Kier alpha value is -2.52. The van der Waals surface area contributed by atoms with Crippen LogP contribution in [0.25, 0.3) is 10.8 Å². The number of anilines is 1. The Kier molecular flexibility index (Phi) is 4.59. The SMILES string of the molecule is N#CCC(=O)Nc1ccc2cc(S(=O)(=O)O)cc(S(=O)(=O)O)c2c1. The van der Waals surface area contributed by atoms with Crippen molar-refractivity contribution in [3.05, 3.63) is 30.3 Å². The molecule has 0 atom stereocenters. The van der Waals surface area contributed by atoms with Crippen LogP contribution in [0.2, 0.25) is 0 Å². The van der Waals surface area contributed by atoms with Gasteiger partial charge in [-0.3, -0.25) is 13.9 Å². The molecule has 0 saturated carbocycles. The first-order valence-electron chi connectivity index (χ1n) is 6.22. The zero-order valence-corrected chi connectivity index (χ0v) is 13.4. The van der Waals surface area contributed by atoms with Crippen LogP contribution in [0.15, 0.2) is 40.1 Å². The summed E-state index contributed by atoms with van der Waals surface area (Å²) in [4.78, 5) is 9.95. The van der Waals surface area contributed by atoms with Crippen LogP contribution in [-0.4, -0.2) is 31.8 Å². The van der Waals surface area contributed by atoms with E-state index in [9.17, 15) is 26.2 Å². The molecule has 2 aromatic carbocycles. The average Bonchev–Trinajstić information content (AvgIpc) is 2.44. The zero-order chi connectivity index (χ0) is 18.1. The number of benzene rings is 2. The fourth-order valence-corrected chi connectivity index (χ4v) is 3.36. The molecule has 0 aromatic heterocycles. The van der Waals surface area contributed by atoms with Gasteiger partial charge in [0.2, 0.25) is 5.91 Å². The molecule has 0 saturated heterocycles. The molecule has 24 heavy (non-hydrogen) atoms. The first-order chi connectivity index (χ1) is 11.0. The second-order valence-corrected chi connectivity index (χ2v) is 7.50. The van der Waals surface area contributed by atoms with Crippen molar-refractivity contribution in [2.75, 3.05) is 5.32 Å². The van der Waals surface area contributed by atoms with E-state index in [2.05, 4.69) is 5.32 Å². The Morgan fingerprint density at radius 2 is 1.75 bits per heavy atom. The van der Waals surface area contributed by atoms with Gasteiger partial charge in [0.25, 0.3) is 20.2 Å². The molecule has 0 fully saturated rings. The normalized spacial score (nSPS) is 11.9. The molecule has 9 nitrogen and oxygen atoms in total. The molecular formula is C13H10N2O7S2. The number of nitrogens with zero attached hydrogens (tertiary/aromatic N) is 1. The molecule has 0 unspecified atom stereocenters. The summed E-state index contributed by atoms with van der Waals surface area (Å²) in [5.74, 6) is -0.625. The standard InChI is InChI=1S/C13H10N2O7S2/c14-4-3-13(16)15-9-2-1-8-5-10(23(17,18)19)7-12(11(8)6-9)24(20,21)22/h1-2,5-7H,3H2,(H,15,16)(H,17,18,19)(H,20,21,22). The minimum absolute atomic E-state index is 0.0698. The van der Waals surface area contributed by atoms with Crippen LogP contribution < -0.4 is 5.32 Å². The van der Waals surface area contributed by atoms with Gasteiger partial charge in [0, 0.05) is 11.1 Å². The van der Waals surface area contributed by atoms with Gasteiger partial charge >= 0.3 is 0 Å². The van der Waals surface area contributed by atoms with E-state index in [4.69, 9.17) is 9.81 Å². The summed E-state index contributed by atoms with van der Waals surface area (Å²) >= 11 is 0. The van der Waals surface area contributed by atoms with Crippen molar-refractivity contribution in [2.24, 2.45) is 0 Å². The summed E-state index contributed by atoms with van der Waals surface area (Å²) < 4.78 is 63.9. The van der Waals surface area contributed by atoms with E-state index in [1.54, 1.807) is 6.07 Å². The van der Waals surface area contributed by atoms with Gasteiger partial charge in [-0.25, -0.2) is 0 Å². The largest absolute Gasteiger partial charge is 0.325 e. The summed E-state index contributed by atoms with van der Waals surface area (Å²) in [6.45, 7) is 0. The molecule has 1 amide bonds. The summed E-state index contributed by atoms with van der Waals surface area (Å²) in [7, 11) is -9.50. The summed E-state index contributed by atoms with van der Waals surface area (Å²) in [6, 6.07) is 7.10. The van der Waals surface area contributed by atoms with Crippen LogP contribution in [0.5, 0.6) is 0 Å². The van der Waals surface area contributed by atoms with Crippen molar-refractivity contribution in [3.8, 4) is 6.07 Å². The molecule has 126 valence electrons. The Labute approximate surface area is 137 Å². The van der Waals surface area contributed by atoms with Crippen LogP contribution in [-0.2, 0) is 25.0 Å². The summed E-state index contributed by atoms with van der Waals surface area (Å²) in [6.07, 6.45) is -0.412. The topological polar surface area (TPSA) is 162 Å². The maximum Gasteiger partial charge on any atom is 0.295 e. The molecule has 11 heteroatoms. The van der Waals surface area contributed by atoms with Gasteiger partial charge in [0.05, 0.1) is 11.0 Å². The van der Waals surface area contributed by atoms with Crippen molar-refractivity contribution in [2.45, 2.75) is 16.2 Å². The van der Waals surface area contributed by atoms with Crippen LogP contribution in [0, 0.1) is 11.3 Å². The number of rotatable bonds is 4.